The van der Waals surface area contributed by atoms with E-state index in [1.54, 1.807) is 6.08 Å². The Morgan fingerprint density at radius 3 is 2.36 bits per heavy atom. The molecule has 0 heterocycles. The fraction of sp³-hybridized carbons (Fsp3) is 0.750. The Hall–Kier alpha value is -0.380. The summed E-state index contributed by atoms with van der Waals surface area (Å²) in [6.45, 7) is 3.38. The van der Waals surface area contributed by atoms with Crippen molar-refractivity contribution in [2.24, 2.45) is 0 Å². The molecule has 2 unspecified atom stereocenters. The molecule has 2 N–H and O–H groups in total. The van der Waals surface area contributed by atoms with Crippen LogP contribution in [-0.2, 0) is 0 Å². The van der Waals surface area contributed by atoms with Crippen molar-refractivity contribution in [1.82, 2.24) is 4.90 Å². The third kappa shape index (κ3) is 3.51. The molecule has 0 aliphatic carbocycles. The van der Waals surface area contributed by atoms with Gasteiger partial charge in [0.25, 0.3) is 0 Å². The Morgan fingerprint density at radius 2 is 2.09 bits per heavy atom. The molecule has 0 aliphatic rings. The SMILES string of the molecule is C=CCC(C(O)CO)N(C)C. The highest BCUT2D eigenvalue weighted by Gasteiger charge is 2.18. The molecule has 0 saturated heterocycles. The first-order chi connectivity index (χ1) is 5.13. The Balaban J connectivity index is 3.96. The van der Waals surface area contributed by atoms with E-state index in [9.17, 15) is 5.11 Å². The normalized spacial score (nSPS) is 16.5. The quantitative estimate of drug-likeness (QED) is 0.548. The van der Waals surface area contributed by atoms with Gasteiger partial charge in [-0.05, 0) is 20.5 Å². The van der Waals surface area contributed by atoms with E-state index < -0.39 is 6.10 Å². The summed E-state index contributed by atoms with van der Waals surface area (Å²) in [6, 6.07) is -0.0301. The van der Waals surface area contributed by atoms with Gasteiger partial charge < -0.3 is 15.1 Å². The molecule has 0 fully saturated rings. The van der Waals surface area contributed by atoms with E-state index in [1.165, 1.54) is 0 Å². The molecular formula is C8H17NO2. The number of hydrogen-bond acceptors (Lipinski definition) is 3. The van der Waals surface area contributed by atoms with Crippen LogP contribution in [0, 0.1) is 0 Å². The molecule has 0 saturated carbocycles. The second-order valence-corrected chi connectivity index (χ2v) is 2.81. The molecule has 0 aliphatic heterocycles. The number of aliphatic hydroxyl groups excluding tert-OH is 2. The molecule has 3 nitrogen and oxygen atoms in total. The van der Waals surface area contributed by atoms with E-state index >= 15 is 0 Å². The average Bonchev–Trinajstić information content (AvgIpc) is 1.98. The lowest BCUT2D eigenvalue weighted by Crippen LogP contribution is -2.40. The molecule has 0 aromatic carbocycles. The van der Waals surface area contributed by atoms with E-state index in [0.717, 1.165) is 0 Å². The number of hydrogen-bond donors (Lipinski definition) is 2. The number of rotatable bonds is 5. The standard InChI is InChI=1S/C8H17NO2/c1-4-5-7(9(2)3)8(11)6-10/h4,7-8,10-11H,1,5-6H2,2-3H3. The fourth-order valence-corrected chi connectivity index (χ4v) is 1.00. The van der Waals surface area contributed by atoms with E-state index in [0.29, 0.717) is 6.42 Å². The third-order valence-electron chi connectivity index (χ3n) is 1.70. The maximum Gasteiger partial charge on any atom is 0.0928 e. The first-order valence-electron chi connectivity index (χ1n) is 3.69. The maximum atomic E-state index is 9.28. The van der Waals surface area contributed by atoms with Gasteiger partial charge in [0.05, 0.1) is 12.7 Å². The van der Waals surface area contributed by atoms with E-state index in [4.69, 9.17) is 5.11 Å². The first kappa shape index (κ1) is 10.6. The van der Waals surface area contributed by atoms with Gasteiger partial charge in [0, 0.05) is 6.04 Å². The van der Waals surface area contributed by atoms with Crippen molar-refractivity contribution in [1.29, 1.82) is 0 Å². The molecule has 2 atom stereocenters. The summed E-state index contributed by atoms with van der Waals surface area (Å²) in [5.41, 5.74) is 0. The zero-order chi connectivity index (χ0) is 8.85. The van der Waals surface area contributed by atoms with Gasteiger partial charge in [-0.2, -0.15) is 0 Å². The maximum absolute atomic E-state index is 9.28. The van der Waals surface area contributed by atoms with E-state index in [1.807, 2.05) is 19.0 Å². The summed E-state index contributed by atoms with van der Waals surface area (Å²) >= 11 is 0. The van der Waals surface area contributed by atoms with Crippen LogP contribution in [0.5, 0.6) is 0 Å². The largest absolute Gasteiger partial charge is 0.394 e. The van der Waals surface area contributed by atoms with Crippen molar-refractivity contribution < 1.29 is 10.2 Å². The minimum atomic E-state index is -0.678. The van der Waals surface area contributed by atoms with Crippen LogP contribution in [0.1, 0.15) is 6.42 Å². The van der Waals surface area contributed by atoms with Gasteiger partial charge in [-0.15, -0.1) is 6.58 Å². The summed E-state index contributed by atoms with van der Waals surface area (Å²) < 4.78 is 0. The Bertz CT molecular complexity index is 115. The van der Waals surface area contributed by atoms with Gasteiger partial charge in [-0.1, -0.05) is 6.08 Å². The van der Waals surface area contributed by atoms with Crippen LogP contribution in [0.4, 0.5) is 0 Å². The number of likely N-dealkylation sites (N-methyl/N-ethyl adjacent to an activating group) is 1. The van der Waals surface area contributed by atoms with Gasteiger partial charge in [0.15, 0.2) is 0 Å². The molecule has 0 spiro atoms. The minimum absolute atomic E-state index is 0.0301. The monoisotopic (exact) mass is 159 g/mol. The van der Waals surface area contributed by atoms with E-state index in [2.05, 4.69) is 6.58 Å². The molecule has 0 bridgehead atoms. The van der Waals surface area contributed by atoms with Gasteiger partial charge in [0.1, 0.15) is 0 Å². The van der Waals surface area contributed by atoms with Crippen molar-refractivity contribution in [2.75, 3.05) is 20.7 Å². The Kier molecular flexibility index (Phi) is 5.11. The van der Waals surface area contributed by atoms with Crippen LogP contribution in [0.2, 0.25) is 0 Å². The molecule has 0 amide bonds. The van der Waals surface area contributed by atoms with Crippen LogP contribution in [0.25, 0.3) is 0 Å². The smallest absolute Gasteiger partial charge is 0.0928 e. The molecular weight excluding hydrogens is 142 g/mol. The zero-order valence-electron chi connectivity index (χ0n) is 7.20. The summed E-state index contributed by atoms with van der Waals surface area (Å²) in [6.07, 6.45) is 1.75. The molecule has 0 radical (unpaired) electrons. The number of aliphatic hydroxyl groups is 2. The predicted octanol–water partition coefficient (Wildman–Crippen LogP) is -0.154. The van der Waals surface area contributed by atoms with Gasteiger partial charge in [-0.25, -0.2) is 0 Å². The summed E-state index contributed by atoms with van der Waals surface area (Å²) in [4.78, 5) is 1.88. The van der Waals surface area contributed by atoms with Crippen LogP contribution in [-0.4, -0.2) is 48.0 Å². The third-order valence-corrected chi connectivity index (χ3v) is 1.70. The molecule has 0 rings (SSSR count). The molecule has 66 valence electrons. The lowest BCUT2D eigenvalue weighted by atomic mass is 10.1. The van der Waals surface area contributed by atoms with Crippen molar-refractivity contribution in [3.05, 3.63) is 12.7 Å². The molecule has 0 aromatic heterocycles. The van der Waals surface area contributed by atoms with Crippen LogP contribution < -0.4 is 0 Å². The lowest BCUT2D eigenvalue weighted by molar-refractivity contribution is 0.0297. The van der Waals surface area contributed by atoms with Gasteiger partial charge in [0.2, 0.25) is 0 Å². The van der Waals surface area contributed by atoms with Crippen molar-refractivity contribution in [2.45, 2.75) is 18.6 Å². The topological polar surface area (TPSA) is 43.7 Å². The molecule has 3 heteroatoms. The summed E-state index contributed by atoms with van der Waals surface area (Å²) in [5.74, 6) is 0. The summed E-state index contributed by atoms with van der Waals surface area (Å²) in [7, 11) is 3.74. The highest BCUT2D eigenvalue weighted by atomic mass is 16.3. The molecule has 0 aromatic rings. The van der Waals surface area contributed by atoms with Crippen LogP contribution >= 0.6 is 0 Å². The first-order valence-corrected chi connectivity index (χ1v) is 3.69. The average molecular weight is 159 g/mol. The van der Waals surface area contributed by atoms with Crippen molar-refractivity contribution in [3.63, 3.8) is 0 Å². The highest BCUT2D eigenvalue weighted by Crippen LogP contribution is 2.05. The fourth-order valence-electron chi connectivity index (χ4n) is 1.00. The van der Waals surface area contributed by atoms with Crippen LogP contribution in [0.15, 0.2) is 12.7 Å². The Morgan fingerprint density at radius 1 is 1.55 bits per heavy atom. The second kappa shape index (κ2) is 5.29. The van der Waals surface area contributed by atoms with Gasteiger partial charge >= 0.3 is 0 Å². The Labute approximate surface area is 68.0 Å². The van der Waals surface area contributed by atoms with Crippen molar-refractivity contribution in [3.8, 4) is 0 Å². The zero-order valence-corrected chi connectivity index (χ0v) is 7.20. The lowest BCUT2D eigenvalue weighted by Gasteiger charge is -2.26. The van der Waals surface area contributed by atoms with Crippen LogP contribution in [0.3, 0.4) is 0 Å². The van der Waals surface area contributed by atoms with Crippen molar-refractivity contribution >= 4 is 0 Å². The highest BCUT2D eigenvalue weighted by molar-refractivity contribution is 4.82. The second-order valence-electron chi connectivity index (χ2n) is 2.81. The number of nitrogens with zero attached hydrogens (tertiary/aromatic N) is 1. The minimum Gasteiger partial charge on any atom is -0.394 e. The molecule has 11 heavy (non-hydrogen) atoms. The van der Waals surface area contributed by atoms with Gasteiger partial charge in [-0.3, -0.25) is 0 Å². The van der Waals surface area contributed by atoms with E-state index in [-0.39, 0.29) is 12.6 Å². The predicted molar refractivity (Wildman–Crippen MR) is 45.4 cm³/mol. The summed E-state index contributed by atoms with van der Waals surface area (Å²) in [5, 5.41) is 17.9.